The van der Waals surface area contributed by atoms with E-state index >= 15 is 0 Å². The van der Waals surface area contributed by atoms with Crippen LogP contribution >= 0.6 is 0 Å². The maximum absolute atomic E-state index is 5.62. The highest BCUT2D eigenvalue weighted by Gasteiger charge is 2.07. The van der Waals surface area contributed by atoms with Gasteiger partial charge in [-0.15, -0.1) is 0 Å². The Morgan fingerprint density at radius 2 is 1.79 bits per heavy atom. The van der Waals surface area contributed by atoms with E-state index in [1.807, 2.05) is 24.3 Å². The van der Waals surface area contributed by atoms with Crippen LogP contribution in [0, 0.1) is 0 Å². The molecule has 0 atom stereocenters. The lowest BCUT2D eigenvalue weighted by molar-refractivity contribution is 0.299. The molecule has 19 heavy (non-hydrogen) atoms. The predicted octanol–water partition coefficient (Wildman–Crippen LogP) is 2.52. The fraction of sp³-hybridized carbons (Fsp3) is 0.286. The molecular weight excluding hydrogens is 242 g/mol. The molecule has 100 valence electrons. The van der Waals surface area contributed by atoms with Crippen molar-refractivity contribution >= 4 is 0 Å². The molecule has 0 bridgehead atoms. The van der Waals surface area contributed by atoms with Crippen molar-refractivity contribution in [3.63, 3.8) is 0 Å². The summed E-state index contributed by atoms with van der Waals surface area (Å²) in [5, 5.41) is 0. The molecule has 5 heteroatoms. The SMILES string of the molecule is CCCOc1ccccc1Oc1ncc(CN)cn1. The first kappa shape index (κ1) is 13.3. The number of aromatic nitrogens is 2. The largest absolute Gasteiger partial charge is 0.490 e. The van der Waals surface area contributed by atoms with Gasteiger partial charge in [-0.05, 0) is 18.6 Å². The van der Waals surface area contributed by atoms with Gasteiger partial charge in [0.25, 0.3) is 0 Å². The second-order valence-electron chi connectivity index (χ2n) is 3.98. The molecule has 0 spiro atoms. The molecule has 0 radical (unpaired) electrons. The molecule has 2 rings (SSSR count). The van der Waals surface area contributed by atoms with Crippen molar-refractivity contribution in [2.45, 2.75) is 19.9 Å². The summed E-state index contributed by atoms with van der Waals surface area (Å²) >= 11 is 0. The van der Waals surface area contributed by atoms with Crippen molar-refractivity contribution in [3.05, 3.63) is 42.2 Å². The van der Waals surface area contributed by atoms with Crippen LogP contribution in [0.15, 0.2) is 36.7 Å². The zero-order valence-corrected chi connectivity index (χ0v) is 10.9. The summed E-state index contributed by atoms with van der Waals surface area (Å²) in [6.45, 7) is 3.11. The fourth-order valence-corrected chi connectivity index (χ4v) is 1.47. The van der Waals surface area contributed by atoms with Crippen molar-refractivity contribution in [3.8, 4) is 17.5 Å². The van der Waals surface area contributed by atoms with Gasteiger partial charge in [-0.3, -0.25) is 0 Å². The van der Waals surface area contributed by atoms with Gasteiger partial charge in [0.15, 0.2) is 11.5 Å². The second kappa shape index (κ2) is 6.70. The maximum Gasteiger partial charge on any atom is 0.322 e. The Labute approximate surface area is 112 Å². The van der Waals surface area contributed by atoms with Crippen LogP contribution in [0.5, 0.6) is 17.5 Å². The zero-order chi connectivity index (χ0) is 13.5. The molecule has 0 amide bonds. The van der Waals surface area contributed by atoms with E-state index in [-0.39, 0.29) is 6.01 Å². The smallest absolute Gasteiger partial charge is 0.322 e. The van der Waals surface area contributed by atoms with Crippen LogP contribution in [0.4, 0.5) is 0 Å². The molecule has 5 nitrogen and oxygen atoms in total. The van der Waals surface area contributed by atoms with Gasteiger partial charge < -0.3 is 15.2 Å². The molecule has 0 aliphatic rings. The van der Waals surface area contributed by atoms with Gasteiger partial charge >= 0.3 is 6.01 Å². The van der Waals surface area contributed by atoms with Crippen LogP contribution in [0.25, 0.3) is 0 Å². The minimum absolute atomic E-state index is 0.282. The Morgan fingerprint density at radius 1 is 1.11 bits per heavy atom. The van der Waals surface area contributed by atoms with Gasteiger partial charge in [-0.2, -0.15) is 0 Å². The third-order valence-electron chi connectivity index (χ3n) is 2.43. The minimum atomic E-state index is 0.282. The lowest BCUT2D eigenvalue weighted by atomic mass is 10.3. The van der Waals surface area contributed by atoms with Crippen molar-refractivity contribution in [1.29, 1.82) is 0 Å². The number of hydrogen-bond donors (Lipinski definition) is 1. The standard InChI is InChI=1S/C14H17N3O2/c1-2-7-18-12-5-3-4-6-13(12)19-14-16-9-11(8-15)10-17-14/h3-6,9-10H,2,7-8,15H2,1H3. The first-order valence-electron chi connectivity index (χ1n) is 6.24. The van der Waals surface area contributed by atoms with Gasteiger partial charge in [0.1, 0.15) is 0 Å². The Kier molecular flexibility index (Phi) is 4.69. The van der Waals surface area contributed by atoms with E-state index in [0.29, 0.717) is 24.7 Å². The first-order valence-corrected chi connectivity index (χ1v) is 6.24. The van der Waals surface area contributed by atoms with E-state index in [9.17, 15) is 0 Å². The van der Waals surface area contributed by atoms with Gasteiger partial charge in [0.05, 0.1) is 6.61 Å². The monoisotopic (exact) mass is 259 g/mol. The van der Waals surface area contributed by atoms with Crippen LogP contribution in [-0.4, -0.2) is 16.6 Å². The average molecular weight is 259 g/mol. The van der Waals surface area contributed by atoms with Crippen LogP contribution in [-0.2, 0) is 6.54 Å². The first-order chi connectivity index (χ1) is 9.33. The summed E-state index contributed by atoms with van der Waals surface area (Å²) in [6.07, 6.45) is 4.24. The summed E-state index contributed by atoms with van der Waals surface area (Å²) in [5.41, 5.74) is 6.35. The number of nitrogens with two attached hydrogens (primary N) is 1. The molecule has 0 saturated heterocycles. The second-order valence-corrected chi connectivity index (χ2v) is 3.98. The quantitative estimate of drug-likeness (QED) is 0.863. The summed E-state index contributed by atoms with van der Waals surface area (Å²) in [6, 6.07) is 7.74. The molecule has 2 aromatic rings. The Hall–Kier alpha value is -2.14. The minimum Gasteiger partial charge on any atom is -0.490 e. The van der Waals surface area contributed by atoms with Crippen LogP contribution in [0.1, 0.15) is 18.9 Å². The normalized spacial score (nSPS) is 10.2. The molecule has 0 unspecified atom stereocenters. The Bertz CT molecular complexity index is 514. The van der Waals surface area contributed by atoms with Crippen LogP contribution in [0.2, 0.25) is 0 Å². The van der Waals surface area contributed by atoms with E-state index < -0.39 is 0 Å². The highest BCUT2D eigenvalue weighted by molar-refractivity contribution is 5.40. The van der Waals surface area contributed by atoms with Gasteiger partial charge in [-0.25, -0.2) is 9.97 Å². The topological polar surface area (TPSA) is 70.3 Å². The van der Waals surface area contributed by atoms with Crippen molar-refractivity contribution in [1.82, 2.24) is 9.97 Å². The van der Waals surface area contributed by atoms with E-state index in [1.54, 1.807) is 12.4 Å². The van der Waals surface area contributed by atoms with Gasteiger partial charge in [0.2, 0.25) is 0 Å². The van der Waals surface area contributed by atoms with Gasteiger partial charge in [0, 0.05) is 24.5 Å². The lowest BCUT2D eigenvalue weighted by Gasteiger charge is -2.10. The van der Waals surface area contributed by atoms with Crippen molar-refractivity contribution in [2.24, 2.45) is 5.73 Å². The molecule has 0 saturated carbocycles. The Balaban J connectivity index is 2.12. The zero-order valence-electron chi connectivity index (χ0n) is 10.9. The molecule has 2 N–H and O–H groups in total. The Morgan fingerprint density at radius 3 is 2.42 bits per heavy atom. The van der Waals surface area contributed by atoms with E-state index in [1.165, 1.54) is 0 Å². The molecular formula is C14H17N3O2. The highest BCUT2D eigenvalue weighted by Crippen LogP contribution is 2.29. The van der Waals surface area contributed by atoms with E-state index in [0.717, 1.165) is 12.0 Å². The third-order valence-corrected chi connectivity index (χ3v) is 2.43. The molecule has 0 fully saturated rings. The van der Waals surface area contributed by atoms with Crippen molar-refractivity contribution in [2.75, 3.05) is 6.61 Å². The number of para-hydroxylation sites is 2. The van der Waals surface area contributed by atoms with Crippen LogP contribution < -0.4 is 15.2 Å². The number of hydrogen-bond acceptors (Lipinski definition) is 5. The van der Waals surface area contributed by atoms with Gasteiger partial charge in [-0.1, -0.05) is 19.1 Å². The summed E-state index contributed by atoms with van der Waals surface area (Å²) in [5.74, 6) is 1.30. The highest BCUT2D eigenvalue weighted by atomic mass is 16.5. The molecule has 1 aromatic heterocycles. The predicted molar refractivity (Wildman–Crippen MR) is 72.2 cm³/mol. The molecule has 0 aliphatic carbocycles. The summed E-state index contributed by atoms with van der Waals surface area (Å²) in [4.78, 5) is 8.19. The molecule has 1 aromatic carbocycles. The lowest BCUT2D eigenvalue weighted by Crippen LogP contribution is -2.01. The maximum atomic E-state index is 5.62. The average Bonchev–Trinajstić information content (AvgIpc) is 2.47. The third kappa shape index (κ3) is 3.66. The summed E-state index contributed by atoms with van der Waals surface area (Å²) in [7, 11) is 0. The van der Waals surface area contributed by atoms with Crippen molar-refractivity contribution < 1.29 is 9.47 Å². The number of benzene rings is 1. The fourth-order valence-electron chi connectivity index (χ4n) is 1.47. The van der Waals surface area contributed by atoms with E-state index in [2.05, 4.69) is 16.9 Å². The number of ether oxygens (including phenoxy) is 2. The van der Waals surface area contributed by atoms with Crippen LogP contribution in [0.3, 0.4) is 0 Å². The number of rotatable bonds is 6. The van der Waals surface area contributed by atoms with E-state index in [4.69, 9.17) is 15.2 Å². The molecule has 1 heterocycles. The molecule has 0 aliphatic heterocycles. The number of nitrogens with zero attached hydrogens (tertiary/aromatic N) is 2. The summed E-state index contributed by atoms with van der Waals surface area (Å²) < 4.78 is 11.2.